The fourth-order valence-electron chi connectivity index (χ4n) is 1.07. The zero-order chi connectivity index (χ0) is 10.6. The molecule has 0 unspecified atom stereocenters. The smallest absolute Gasteiger partial charge is 0.302 e. The SMILES string of the molecule is COc1cccc(CCS(=O)(=O)F)c1. The van der Waals surface area contributed by atoms with Crippen LogP contribution < -0.4 is 4.74 Å². The van der Waals surface area contributed by atoms with Gasteiger partial charge in [0.1, 0.15) is 5.75 Å². The topological polar surface area (TPSA) is 43.4 Å². The van der Waals surface area contributed by atoms with Crippen LogP contribution in [0.4, 0.5) is 3.89 Å². The maximum absolute atomic E-state index is 12.2. The number of aryl methyl sites for hydroxylation is 1. The molecule has 0 amide bonds. The molecule has 0 aliphatic rings. The van der Waals surface area contributed by atoms with E-state index in [1.54, 1.807) is 24.3 Å². The van der Waals surface area contributed by atoms with Gasteiger partial charge in [0.2, 0.25) is 0 Å². The summed E-state index contributed by atoms with van der Waals surface area (Å²) in [6.45, 7) is 0. The van der Waals surface area contributed by atoms with Gasteiger partial charge < -0.3 is 4.74 Å². The second-order valence-corrected chi connectivity index (χ2v) is 4.33. The molecule has 78 valence electrons. The lowest BCUT2D eigenvalue weighted by Gasteiger charge is -2.02. The van der Waals surface area contributed by atoms with E-state index in [2.05, 4.69) is 0 Å². The van der Waals surface area contributed by atoms with Crippen molar-refractivity contribution < 1.29 is 17.0 Å². The van der Waals surface area contributed by atoms with E-state index in [0.29, 0.717) is 5.75 Å². The highest BCUT2D eigenvalue weighted by atomic mass is 32.3. The first kappa shape index (κ1) is 11.0. The van der Waals surface area contributed by atoms with Crippen LogP contribution in [0.15, 0.2) is 24.3 Å². The molecule has 0 bridgehead atoms. The minimum Gasteiger partial charge on any atom is -0.497 e. The average molecular weight is 218 g/mol. The van der Waals surface area contributed by atoms with Crippen LogP contribution in [0.25, 0.3) is 0 Å². The van der Waals surface area contributed by atoms with Crippen LogP contribution in [0.3, 0.4) is 0 Å². The van der Waals surface area contributed by atoms with Crippen LogP contribution in [0.1, 0.15) is 5.56 Å². The summed E-state index contributed by atoms with van der Waals surface area (Å²) in [7, 11) is -2.86. The Bertz CT molecular complexity index is 400. The lowest BCUT2D eigenvalue weighted by molar-refractivity contribution is 0.414. The van der Waals surface area contributed by atoms with Crippen molar-refractivity contribution in [2.75, 3.05) is 12.9 Å². The van der Waals surface area contributed by atoms with Crippen molar-refractivity contribution in [3.63, 3.8) is 0 Å². The number of halogens is 1. The number of benzene rings is 1. The molecule has 0 saturated carbocycles. The Kier molecular flexibility index (Phi) is 3.46. The van der Waals surface area contributed by atoms with Gasteiger partial charge in [-0.05, 0) is 24.1 Å². The standard InChI is InChI=1S/C9H11FO3S/c1-13-9-4-2-3-8(7-9)5-6-14(10,11)12/h2-4,7H,5-6H2,1H3. The molecule has 1 rings (SSSR count). The zero-order valence-corrected chi connectivity index (χ0v) is 8.55. The fraction of sp³-hybridized carbons (Fsp3) is 0.333. The second-order valence-electron chi connectivity index (χ2n) is 2.84. The van der Waals surface area contributed by atoms with Gasteiger partial charge >= 0.3 is 10.2 Å². The Balaban J connectivity index is 2.68. The molecular weight excluding hydrogens is 207 g/mol. The van der Waals surface area contributed by atoms with Crippen LogP contribution >= 0.6 is 0 Å². The third-order valence-electron chi connectivity index (χ3n) is 1.77. The van der Waals surface area contributed by atoms with Crippen molar-refractivity contribution in [1.29, 1.82) is 0 Å². The predicted molar refractivity (Wildman–Crippen MR) is 51.6 cm³/mol. The first-order valence-corrected chi connectivity index (χ1v) is 5.62. The first-order chi connectivity index (χ1) is 6.51. The summed E-state index contributed by atoms with van der Waals surface area (Å²) in [5, 5.41) is 0. The second kappa shape index (κ2) is 4.41. The summed E-state index contributed by atoms with van der Waals surface area (Å²) in [6.07, 6.45) is 0.163. The minimum atomic E-state index is -4.38. The van der Waals surface area contributed by atoms with Crippen LogP contribution in [0.5, 0.6) is 5.75 Å². The molecule has 1 aromatic carbocycles. The molecule has 0 saturated heterocycles. The van der Waals surface area contributed by atoms with E-state index in [1.165, 1.54) is 7.11 Å². The van der Waals surface area contributed by atoms with Gasteiger partial charge in [0.25, 0.3) is 0 Å². The highest BCUT2D eigenvalue weighted by Crippen LogP contribution is 2.13. The molecule has 0 atom stereocenters. The Morgan fingerprint density at radius 2 is 2.14 bits per heavy atom. The molecule has 0 heterocycles. The van der Waals surface area contributed by atoms with Crippen LogP contribution in [0, 0.1) is 0 Å². The normalized spacial score (nSPS) is 11.3. The van der Waals surface area contributed by atoms with E-state index < -0.39 is 16.0 Å². The maximum Gasteiger partial charge on any atom is 0.302 e. The van der Waals surface area contributed by atoms with E-state index >= 15 is 0 Å². The van der Waals surface area contributed by atoms with Crippen molar-refractivity contribution in [1.82, 2.24) is 0 Å². The summed E-state index contributed by atoms with van der Waals surface area (Å²) in [4.78, 5) is 0. The van der Waals surface area contributed by atoms with E-state index in [0.717, 1.165) is 5.56 Å². The molecule has 1 aromatic rings. The Morgan fingerprint density at radius 3 is 2.71 bits per heavy atom. The molecule has 5 heteroatoms. The van der Waals surface area contributed by atoms with Gasteiger partial charge in [-0.2, -0.15) is 8.42 Å². The fourth-order valence-corrected chi connectivity index (χ4v) is 1.55. The monoisotopic (exact) mass is 218 g/mol. The molecule has 0 aromatic heterocycles. The Hall–Kier alpha value is -1.10. The van der Waals surface area contributed by atoms with Crippen molar-refractivity contribution in [3.05, 3.63) is 29.8 Å². The van der Waals surface area contributed by atoms with Gasteiger partial charge in [0.15, 0.2) is 0 Å². The lowest BCUT2D eigenvalue weighted by Crippen LogP contribution is -2.02. The van der Waals surface area contributed by atoms with Crippen LogP contribution in [-0.4, -0.2) is 21.3 Å². The molecule has 3 nitrogen and oxygen atoms in total. The molecule has 14 heavy (non-hydrogen) atoms. The van der Waals surface area contributed by atoms with Crippen LogP contribution in [-0.2, 0) is 16.6 Å². The lowest BCUT2D eigenvalue weighted by atomic mass is 10.2. The largest absolute Gasteiger partial charge is 0.497 e. The summed E-state index contributed by atoms with van der Waals surface area (Å²) in [5.41, 5.74) is 0.741. The predicted octanol–water partition coefficient (Wildman–Crippen LogP) is 1.54. The number of ether oxygens (including phenoxy) is 1. The molecule has 0 N–H and O–H groups in total. The summed E-state index contributed by atoms with van der Waals surface area (Å²) >= 11 is 0. The maximum atomic E-state index is 12.2. The van der Waals surface area contributed by atoms with Crippen molar-refractivity contribution in [2.24, 2.45) is 0 Å². The van der Waals surface area contributed by atoms with Gasteiger partial charge in [-0.1, -0.05) is 12.1 Å². The molecule has 0 fully saturated rings. The summed E-state index contributed by atoms with van der Waals surface area (Å²) < 4.78 is 37.7. The van der Waals surface area contributed by atoms with Gasteiger partial charge in [-0.25, -0.2) is 0 Å². The highest BCUT2D eigenvalue weighted by Gasteiger charge is 2.07. The number of rotatable bonds is 4. The third kappa shape index (κ3) is 3.74. The van der Waals surface area contributed by atoms with Crippen LogP contribution in [0.2, 0.25) is 0 Å². The summed E-state index contributed by atoms with van der Waals surface area (Å²) in [6, 6.07) is 6.89. The molecule has 0 spiro atoms. The van der Waals surface area contributed by atoms with Crippen molar-refractivity contribution >= 4 is 10.2 Å². The minimum absolute atomic E-state index is 0.163. The molecule has 0 aliphatic carbocycles. The average Bonchev–Trinajstić information content (AvgIpc) is 2.14. The van der Waals surface area contributed by atoms with Gasteiger partial charge in [-0.15, -0.1) is 3.89 Å². The van der Waals surface area contributed by atoms with Crippen molar-refractivity contribution in [3.8, 4) is 5.75 Å². The molecule has 0 aliphatic heterocycles. The Morgan fingerprint density at radius 1 is 1.43 bits per heavy atom. The highest BCUT2D eigenvalue weighted by molar-refractivity contribution is 7.86. The van der Waals surface area contributed by atoms with E-state index in [1.807, 2.05) is 0 Å². The first-order valence-electron chi connectivity index (χ1n) is 4.06. The Labute approximate surface area is 82.7 Å². The summed E-state index contributed by atoms with van der Waals surface area (Å²) in [5.74, 6) is 0.152. The number of hydrogen-bond donors (Lipinski definition) is 0. The van der Waals surface area contributed by atoms with E-state index in [4.69, 9.17) is 4.74 Å². The van der Waals surface area contributed by atoms with Gasteiger partial charge in [0, 0.05) is 0 Å². The van der Waals surface area contributed by atoms with Crippen molar-refractivity contribution in [2.45, 2.75) is 6.42 Å². The van der Waals surface area contributed by atoms with Gasteiger partial charge in [-0.3, -0.25) is 0 Å². The molecular formula is C9H11FO3S. The molecule has 0 radical (unpaired) electrons. The van der Waals surface area contributed by atoms with Gasteiger partial charge in [0.05, 0.1) is 12.9 Å². The zero-order valence-electron chi connectivity index (χ0n) is 7.73. The quantitative estimate of drug-likeness (QED) is 0.720. The third-order valence-corrected chi connectivity index (χ3v) is 2.46. The number of methoxy groups -OCH3 is 1. The number of hydrogen-bond acceptors (Lipinski definition) is 3. The van der Waals surface area contributed by atoms with E-state index in [9.17, 15) is 12.3 Å². The van der Waals surface area contributed by atoms with E-state index in [-0.39, 0.29) is 6.42 Å².